The molecule has 180 valence electrons. The van der Waals surface area contributed by atoms with Crippen molar-refractivity contribution in [3.05, 3.63) is 120 Å². The molecule has 0 saturated carbocycles. The highest BCUT2D eigenvalue weighted by Crippen LogP contribution is 2.36. The van der Waals surface area contributed by atoms with Gasteiger partial charge in [0.05, 0.1) is 16.3 Å². The van der Waals surface area contributed by atoms with E-state index in [-0.39, 0.29) is 4.90 Å². The predicted octanol–water partition coefficient (Wildman–Crippen LogP) is 6.43. The summed E-state index contributed by atoms with van der Waals surface area (Å²) in [7, 11) is -3.73. The molecule has 0 fully saturated rings. The van der Waals surface area contributed by atoms with Gasteiger partial charge < -0.3 is 4.57 Å². The van der Waals surface area contributed by atoms with Crippen LogP contribution in [0.4, 0.5) is 0 Å². The average Bonchev–Trinajstić information content (AvgIpc) is 3.28. The van der Waals surface area contributed by atoms with Crippen LogP contribution >= 0.6 is 11.6 Å². The van der Waals surface area contributed by atoms with Gasteiger partial charge in [-0.05, 0) is 48.4 Å². The summed E-state index contributed by atoms with van der Waals surface area (Å²) in [4.78, 5) is 5.24. The summed E-state index contributed by atoms with van der Waals surface area (Å²) in [5.74, 6) is 0.838. The quantitative estimate of drug-likeness (QED) is 0.272. The number of benzene rings is 4. The Hall–Kier alpha value is -3.71. The lowest BCUT2D eigenvalue weighted by atomic mass is 10.0. The van der Waals surface area contributed by atoms with Crippen LogP contribution in [-0.2, 0) is 23.0 Å². The molecule has 0 aliphatic heterocycles. The number of rotatable bonds is 7. The molecule has 0 saturated heterocycles. The Balaban J connectivity index is 1.64. The Morgan fingerprint density at radius 2 is 1.31 bits per heavy atom. The third kappa shape index (κ3) is 5.11. The molecule has 0 spiro atoms. The van der Waals surface area contributed by atoms with Crippen molar-refractivity contribution in [2.45, 2.75) is 17.9 Å². The molecule has 4 aromatic carbocycles. The summed E-state index contributed by atoms with van der Waals surface area (Å²) >= 11 is 6.17. The molecule has 2 N–H and O–H groups in total. The van der Waals surface area contributed by atoms with E-state index in [2.05, 4.69) is 28.8 Å². The first-order chi connectivity index (χ1) is 17.4. The molecule has 36 heavy (non-hydrogen) atoms. The Morgan fingerprint density at radius 1 is 0.722 bits per heavy atom. The zero-order valence-corrected chi connectivity index (χ0v) is 21.0. The van der Waals surface area contributed by atoms with E-state index >= 15 is 0 Å². The van der Waals surface area contributed by atoms with Gasteiger partial charge in [-0.2, -0.15) is 0 Å². The molecule has 0 aliphatic carbocycles. The molecular formula is C29H24ClN3O2S. The molecule has 0 radical (unpaired) electrons. The van der Waals surface area contributed by atoms with Gasteiger partial charge in [0.1, 0.15) is 5.82 Å². The first-order valence-electron chi connectivity index (χ1n) is 11.5. The lowest BCUT2D eigenvalue weighted by Crippen LogP contribution is -2.12. The number of primary sulfonamides is 1. The van der Waals surface area contributed by atoms with Crippen LogP contribution < -0.4 is 5.14 Å². The fraction of sp³-hybridized carbons (Fsp3) is 0.0690. The van der Waals surface area contributed by atoms with Crippen LogP contribution in [0.3, 0.4) is 0 Å². The Kier molecular flexibility index (Phi) is 6.74. The minimum absolute atomic E-state index is 0.104. The molecule has 1 heterocycles. The number of hydrogen-bond acceptors (Lipinski definition) is 3. The fourth-order valence-electron chi connectivity index (χ4n) is 4.26. The third-order valence-electron chi connectivity index (χ3n) is 6.04. The van der Waals surface area contributed by atoms with Crippen molar-refractivity contribution in [3.63, 3.8) is 0 Å². The van der Waals surface area contributed by atoms with Gasteiger partial charge in [-0.3, -0.25) is 0 Å². The Bertz CT molecular complexity index is 1580. The zero-order chi connectivity index (χ0) is 25.1. The highest BCUT2D eigenvalue weighted by molar-refractivity contribution is 7.89. The van der Waals surface area contributed by atoms with E-state index in [1.807, 2.05) is 60.7 Å². The maximum Gasteiger partial charge on any atom is 0.238 e. The second-order valence-electron chi connectivity index (χ2n) is 8.46. The number of nitrogens with zero attached hydrogens (tertiary/aromatic N) is 2. The molecule has 5 rings (SSSR count). The fourth-order valence-corrected chi connectivity index (χ4v) is 4.90. The van der Waals surface area contributed by atoms with E-state index < -0.39 is 10.0 Å². The van der Waals surface area contributed by atoms with Crippen LogP contribution in [-0.4, -0.2) is 18.0 Å². The number of aryl methyl sites for hydroxylation is 1. The van der Waals surface area contributed by atoms with E-state index in [1.54, 1.807) is 24.3 Å². The molecule has 5 aromatic rings. The number of hydrogen-bond donors (Lipinski definition) is 1. The Labute approximate surface area is 215 Å². The van der Waals surface area contributed by atoms with Crippen LogP contribution in [0.2, 0.25) is 5.02 Å². The van der Waals surface area contributed by atoms with Gasteiger partial charge in [0, 0.05) is 28.3 Å². The SMILES string of the molecule is NS(=O)(=O)c1ccc(CCn2c(-c3ccc(Cl)cc3)nc(-c3ccccc3)c2-c2ccccc2)cc1. The van der Waals surface area contributed by atoms with Gasteiger partial charge in [0.2, 0.25) is 10.0 Å². The number of nitrogens with two attached hydrogens (primary N) is 1. The third-order valence-corrected chi connectivity index (χ3v) is 7.22. The number of aromatic nitrogens is 2. The van der Waals surface area contributed by atoms with E-state index in [1.165, 1.54) is 0 Å². The smallest absolute Gasteiger partial charge is 0.238 e. The molecule has 5 nitrogen and oxygen atoms in total. The van der Waals surface area contributed by atoms with Crippen LogP contribution in [0, 0.1) is 0 Å². The van der Waals surface area contributed by atoms with Crippen LogP contribution in [0.25, 0.3) is 33.9 Å². The molecule has 0 aliphatic rings. The van der Waals surface area contributed by atoms with Crippen molar-refractivity contribution in [1.29, 1.82) is 0 Å². The van der Waals surface area contributed by atoms with Crippen molar-refractivity contribution in [1.82, 2.24) is 9.55 Å². The largest absolute Gasteiger partial charge is 0.323 e. The van der Waals surface area contributed by atoms with Crippen molar-refractivity contribution >= 4 is 21.6 Å². The standard InChI is InChI=1S/C29H24ClN3O2S/c30-25-15-13-24(14-16-25)29-32-27(22-7-3-1-4-8-22)28(23-9-5-2-6-10-23)33(29)20-19-21-11-17-26(18-12-21)36(31,34)35/h1-18H,19-20H2,(H2,31,34,35). The number of sulfonamides is 1. The van der Waals surface area contributed by atoms with Crippen LogP contribution in [0.1, 0.15) is 5.56 Å². The maximum atomic E-state index is 11.6. The molecule has 0 atom stereocenters. The molecule has 7 heteroatoms. The topological polar surface area (TPSA) is 78.0 Å². The summed E-state index contributed by atoms with van der Waals surface area (Å²) in [6.07, 6.45) is 0.677. The predicted molar refractivity (Wildman–Crippen MR) is 145 cm³/mol. The molecule has 0 amide bonds. The maximum absolute atomic E-state index is 11.6. The lowest BCUT2D eigenvalue weighted by Gasteiger charge is -2.14. The van der Waals surface area contributed by atoms with Gasteiger partial charge in [-0.25, -0.2) is 18.5 Å². The second-order valence-corrected chi connectivity index (χ2v) is 10.5. The first-order valence-corrected chi connectivity index (χ1v) is 13.4. The first kappa shape index (κ1) is 24.0. The molecule has 0 unspecified atom stereocenters. The highest BCUT2D eigenvalue weighted by Gasteiger charge is 2.21. The minimum atomic E-state index is -3.73. The van der Waals surface area contributed by atoms with Gasteiger partial charge in [0.15, 0.2) is 0 Å². The Morgan fingerprint density at radius 3 is 1.89 bits per heavy atom. The van der Waals surface area contributed by atoms with Crippen molar-refractivity contribution in [2.24, 2.45) is 5.14 Å². The normalized spacial score (nSPS) is 11.5. The summed E-state index contributed by atoms with van der Waals surface area (Å²) in [5.41, 5.74) is 5.97. The van der Waals surface area contributed by atoms with E-state index in [4.69, 9.17) is 21.7 Å². The second kappa shape index (κ2) is 10.1. The minimum Gasteiger partial charge on any atom is -0.323 e. The van der Waals surface area contributed by atoms with Gasteiger partial charge >= 0.3 is 0 Å². The monoisotopic (exact) mass is 513 g/mol. The molecule has 1 aromatic heterocycles. The van der Waals surface area contributed by atoms with E-state index in [0.29, 0.717) is 18.0 Å². The van der Waals surface area contributed by atoms with Crippen molar-refractivity contribution < 1.29 is 8.42 Å². The molecular weight excluding hydrogens is 490 g/mol. The van der Waals surface area contributed by atoms with E-state index in [0.717, 1.165) is 39.5 Å². The average molecular weight is 514 g/mol. The van der Waals surface area contributed by atoms with E-state index in [9.17, 15) is 8.42 Å². The number of halogens is 1. The lowest BCUT2D eigenvalue weighted by molar-refractivity contribution is 0.597. The summed E-state index contributed by atoms with van der Waals surface area (Å²) < 4.78 is 25.5. The molecule has 0 bridgehead atoms. The van der Waals surface area contributed by atoms with Crippen molar-refractivity contribution in [2.75, 3.05) is 0 Å². The van der Waals surface area contributed by atoms with Gasteiger partial charge in [-0.1, -0.05) is 84.4 Å². The summed E-state index contributed by atoms with van der Waals surface area (Å²) in [6.45, 7) is 0.636. The van der Waals surface area contributed by atoms with Gasteiger partial charge in [0.25, 0.3) is 0 Å². The summed E-state index contributed by atoms with van der Waals surface area (Å²) in [6, 6.07) is 34.8. The highest BCUT2D eigenvalue weighted by atomic mass is 35.5. The van der Waals surface area contributed by atoms with Crippen LogP contribution in [0.15, 0.2) is 114 Å². The van der Waals surface area contributed by atoms with Gasteiger partial charge in [-0.15, -0.1) is 0 Å². The zero-order valence-electron chi connectivity index (χ0n) is 19.4. The summed E-state index contributed by atoms with van der Waals surface area (Å²) in [5, 5.41) is 5.92. The van der Waals surface area contributed by atoms with Crippen LogP contribution in [0.5, 0.6) is 0 Å². The van der Waals surface area contributed by atoms with Crippen molar-refractivity contribution in [3.8, 4) is 33.9 Å². The number of imidazole rings is 1.